The Morgan fingerprint density at radius 2 is 2.14 bits per heavy atom. The van der Waals surface area contributed by atoms with Crippen molar-refractivity contribution in [2.75, 3.05) is 30.5 Å². The summed E-state index contributed by atoms with van der Waals surface area (Å²) in [5.41, 5.74) is 1.03. The fourth-order valence-electron chi connectivity index (χ4n) is 2.48. The minimum atomic E-state index is -4.44. The van der Waals surface area contributed by atoms with Gasteiger partial charge in [-0.2, -0.15) is 13.2 Å². The topological polar surface area (TPSA) is 63.4 Å². The summed E-state index contributed by atoms with van der Waals surface area (Å²) in [6.45, 7) is 3.06. The fraction of sp³-hybridized carbons (Fsp3) is 0.615. The number of nitrogen functional groups attached to an aromatic ring is 1. The summed E-state index contributed by atoms with van der Waals surface area (Å²) in [6, 6.07) is 1.94. The molecule has 0 bridgehead atoms. The van der Waals surface area contributed by atoms with Gasteiger partial charge in [0, 0.05) is 20.2 Å². The number of alkyl halides is 3. The molecule has 0 spiro atoms. The molecule has 5 nitrogen and oxygen atoms in total. The number of hydrogen-bond donors (Lipinski definition) is 2. The average Bonchev–Trinajstić information content (AvgIpc) is 2.46. The van der Waals surface area contributed by atoms with Crippen molar-refractivity contribution in [2.24, 2.45) is 5.84 Å². The zero-order chi connectivity index (χ0) is 15.7. The Balaban J connectivity index is 2.34. The van der Waals surface area contributed by atoms with Crippen molar-refractivity contribution in [2.45, 2.75) is 31.5 Å². The quantitative estimate of drug-likeness (QED) is 0.663. The summed E-state index contributed by atoms with van der Waals surface area (Å²) < 4.78 is 44.2. The van der Waals surface area contributed by atoms with Crippen LogP contribution in [0.5, 0.6) is 0 Å². The number of anilines is 2. The molecule has 1 aliphatic heterocycles. The van der Waals surface area contributed by atoms with Crippen LogP contribution >= 0.6 is 0 Å². The summed E-state index contributed by atoms with van der Waals surface area (Å²) in [5, 5.41) is 0. The van der Waals surface area contributed by atoms with Crippen molar-refractivity contribution in [3.8, 4) is 0 Å². The number of hydrogen-bond acceptors (Lipinski definition) is 5. The van der Waals surface area contributed by atoms with Crippen molar-refractivity contribution in [1.29, 1.82) is 0 Å². The number of methoxy groups -OCH3 is 1. The van der Waals surface area contributed by atoms with Gasteiger partial charge in [0.15, 0.2) is 0 Å². The Bertz CT molecular complexity index is 509. The van der Waals surface area contributed by atoms with E-state index in [0.717, 1.165) is 25.0 Å². The maximum Gasteiger partial charge on any atom is 0.416 e. The lowest BCUT2D eigenvalue weighted by Gasteiger charge is -2.40. The number of nitrogens with one attached hydrogen (secondary N) is 1. The lowest BCUT2D eigenvalue weighted by Crippen LogP contribution is -2.47. The van der Waals surface area contributed by atoms with E-state index in [4.69, 9.17) is 10.6 Å². The number of nitrogens with two attached hydrogens (primary N) is 1. The zero-order valence-electron chi connectivity index (χ0n) is 12.0. The normalized spacial score (nSPS) is 23.2. The summed E-state index contributed by atoms with van der Waals surface area (Å²) in [6.07, 6.45) is -2.75. The zero-order valence-corrected chi connectivity index (χ0v) is 12.0. The van der Waals surface area contributed by atoms with Crippen LogP contribution in [0.1, 0.15) is 25.3 Å². The molecule has 0 saturated carbocycles. The predicted molar refractivity (Wildman–Crippen MR) is 73.9 cm³/mol. The van der Waals surface area contributed by atoms with Crippen LogP contribution in [0.4, 0.5) is 24.8 Å². The van der Waals surface area contributed by atoms with Gasteiger partial charge in [-0.25, -0.2) is 10.8 Å². The lowest BCUT2D eigenvalue weighted by molar-refractivity contribution is -0.137. The number of piperidine rings is 1. The molecule has 1 atom stereocenters. The first-order valence-electron chi connectivity index (χ1n) is 6.63. The lowest BCUT2D eigenvalue weighted by atomic mass is 9.94. The van der Waals surface area contributed by atoms with Crippen LogP contribution < -0.4 is 16.2 Å². The molecule has 1 unspecified atom stereocenters. The number of ether oxygens (including phenoxy) is 1. The van der Waals surface area contributed by atoms with Crippen LogP contribution in [0, 0.1) is 0 Å². The molecule has 1 fully saturated rings. The van der Waals surface area contributed by atoms with Crippen LogP contribution in [0.3, 0.4) is 0 Å². The molecule has 0 aliphatic carbocycles. The monoisotopic (exact) mass is 304 g/mol. The van der Waals surface area contributed by atoms with Crippen LogP contribution in [0.15, 0.2) is 12.1 Å². The summed E-state index contributed by atoms with van der Waals surface area (Å²) in [7, 11) is 1.61. The van der Waals surface area contributed by atoms with E-state index in [1.54, 1.807) is 12.0 Å². The highest BCUT2D eigenvalue weighted by Crippen LogP contribution is 2.34. The third kappa shape index (κ3) is 3.56. The van der Waals surface area contributed by atoms with Gasteiger partial charge in [-0.05, 0) is 31.9 Å². The number of hydrazine groups is 1. The molecule has 1 saturated heterocycles. The van der Waals surface area contributed by atoms with Gasteiger partial charge in [0.25, 0.3) is 0 Å². The highest BCUT2D eigenvalue weighted by molar-refractivity contribution is 5.51. The molecular weight excluding hydrogens is 285 g/mol. The summed E-state index contributed by atoms with van der Waals surface area (Å²) >= 11 is 0. The third-order valence-electron chi connectivity index (χ3n) is 3.76. The molecule has 1 aromatic heterocycles. The van der Waals surface area contributed by atoms with Crippen molar-refractivity contribution in [1.82, 2.24) is 4.98 Å². The van der Waals surface area contributed by atoms with E-state index >= 15 is 0 Å². The molecular formula is C13H19F3N4O. The number of halogens is 3. The Kier molecular flexibility index (Phi) is 4.29. The maximum absolute atomic E-state index is 12.9. The molecule has 118 valence electrons. The Labute approximate surface area is 121 Å². The van der Waals surface area contributed by atoms with Gasteiger partial charge in [-0.1, -0.05) is 0 Å². The van der Waals surface area contributed by atoms with Gasteiger partial charge in [0.2, 0.25) is 0 Å². The number of nitrogens with zero attached hydrogens (tertiary/aromatic N) is 2. The Morgan fingerprint density at radius 3 is 2.71 bits per heavy atom. The summed E-state index contributed by atoms with van der Waals surface area (Å²) in [5.74, 6) is 5.46. The second kappa shape index (κ2) is 5.69. The van der Waals surface area contributed by atoms with E-state index < -0.39 is 11.7 Å². The van der Waals surface area contributed by atoms with Gasteiger partial charge in [-0.15, -0.1) is 0 Å². The second-order valence-corrected chi connectivity index (χ2v) is 5.42. The van der Waals surface area contributed by atoms with Crippen LogP contribution in [0.2, 0.25) is 0 Å². The van der Waals surface area contributed by atoms with Gasteiger partial charge >= 0.3 is 6.18 Å². The first-order valence-corrected chi connectivity index (χ1v) is 6.63. The Morgan fingerprint density at radius 1 is 1.43 bits per heavy atom. The molecule has 21 heavy (non-hydrogen) atoms. The molecule has 8 heteroatoms. The van der Waals surface area contributed by atoms with E-state index in [-0.39, 0.29) is 17.2 Å². The standard InChI is InChI=1S/C13H19F3N4O/c1-12(21-2)4-3-5-20(8-12)11-7-9(13(14,15)16)6-10(18-11)19-17/h6-7H,3-5,8,17H2,1-2H3,(H,18,19). The van der Waals surface area contributed by atoms with Gasteiger partial charge < -0.3 is 15.1 Å². The van der Waals surface area contributed by atoms with E-state index in [1.807, 2.05) is 6.92 Å². The van der Waals surface area contributed by atoms with Crippen molar-refractivity contribution < 1.29 is 17.9 Å². The van der Waals surface area contributed by atoms with Gasteiger partial charge in [-0.3, -0.25) is 0 Å². The van der Waals surface area contributed by atoms with Crippen molar-refractivity contribution >= 4 is 11.6 Å². The Hall–Kier alpha value is -1.54. The average molecular weight is 304 g/mol. The van der Waals surface area contributed by atoms with Crippen molar-refractivity contribution in [3.63, 3.8) is 0 Å². The highest BCUT2D eigenvalue weighted by atomic mass is 19.4. The molecule has 2 heterocycles. The van der Waals surface area contributed by atoms with E-state index in [1.165, 1.54) is 0 Å². The number of aromatic nitrogens is 1. The van der Waals surface area contributed by atoms with E-state index in [2.05, 4.69) is 10.4 Å². The minimum Gasteiger partial charge on any atom is -0.377 e. The molecule has 0 aromatic carbocycles. The molecule has 1 aromatic rings. The predicted octanol–water partition coefficient (Wildman–Crippen LogP) is 2.39. The molecule has 1 aliphatic rings. The van der Waals surface area contributed by atoms with Crippen molar-refractivity contribution in [3.05, 3.63) is 17.7 Å². The van der Waals surface area contributed by atoms with Crippen LogP contribution in [-0.4, -0.2) is 30.8 Å². The summed E-state index contributed by atoms with van der Waals surface area (Å²) in [4.78, 5) is 5.92. The number of pyridine rings is 1. The highest BCUT2D eigenvalue weighted by Gasteiger charge is 2.35. The first kappa shape index (κ1) is 15.8. The molecule has 2 rings (SSSR count). The fourth-order valence-corrected chi connectivity index (χ4v) is 2.48. The second-order valence-electron chi connectivity index (χ2n) is 5.42. The van der Waals surface area contributed by atoms with Gasteiger partial charge in [0.1, 0.15) is 11.6 Å². The smallest absolute Gasteiger partial charge is 0.377 e. The molecule has 0 amide bonds. The molecule has 0 radical (unpaired) electrons. The number of rotatable bonds is 3. The van der Waals surface area contributed by atoms with Gasteiger partial charge in [0.05, 0.1) is 11.2 Å². The largest absolute Gasteiger partial charge is 0.416 e. The van der Waals surface area contributed by atoms with E-state index in [0.29, 0.717) is 13.1 Å². The SMILES string of the molecule is COC1(C)CCCN(c2cc(C(F)(F)F)cc(NN)n2)C1. The van der Waals surface area contributed by atoms with Crippen LogP contribution in [-0.2, 0) is 10.9 Å². The minimum absolute atomic E-state index is 0.00971. The molecule has 3 N–H and O–H groups in total. The first-order chi connectivity index (χ1) is 9.77. The maximum atomic E-state index is 12.9. The third-order valence-corrected chi connectivity index (χ3v) is 3.76. The van der Waals surface area contributed by atoms with Crippen LogP contribution in [0.25, 0.3) is 0 Å². The van der Waals surface area contributed by atoms with E-state index in [9.17, 15) is 13.2 Å².